The van der Waals surface area contributed by atoms with Gasteiger partial charge in [0.15, 0.2) is 5.82 Å². The zero-order chi connectivity index (χ0) is 24.3. The molecular formula is C25H27F2N5O2. The van der Waals surface area contributed by atoms with Crippen LogP contribution < -0.4 is 16.0 Å². The average molecular weight is 468 g/mol. The number of anilines is 2. The van der Waals surface area contributed by atoms with Crippen molar-refractivity contribution in [2.24, 2.45) is 0 Å². The maximum absolute atomic E-state index is 13.4. The number of halogens is 2. The van der Waals surface area contributed by atoms with Gasteiger partial charge >= 0.3 is 0 Å². The number of carbonyl (C=O) groups excluding carboxylic acids is 2. The molecule has 2 aromatic carbocycles. The molecular weight excluding hydrogens is 440 g/mol. The number of carbonyl (C=O) groups is 2. The molecule has 3 N–H and O–H groups in total. The van der Waals surface area contributed by atoms with E-state index in [1.54, 1.807) is 0 Å². The predicted octanol–water partition coefficient (Wildman–Crippen LogP) is 3.88. The van der Waals surface area contributed by atoms with E-state index < -0.39 is 29.5 Å². The van der Waals surface area contributed by atoms with Gasteiger partial charge in [-0.05, 0) is 36.1 Å². The van der Waals surface area contributed by atoms with Crippen molar-refractivity contribution in [3.05, 3.63) is 83.7 Å². The van der Waals surface area contributed by atoms with E-state index in [0.29, 0.717) is 25.2 Å². The molecule has 1 unspecified atom stereocenters. The van der Waals surface area contributed by atoms with Crippen molar-refractivity contribution < 1.29 is 18.4 Å². The van der Waals surface area contributed by atoms with Crippen LogP contribution in [0.4, 0.5) is 20.4 Å². The fourth-order valence-electron chi connectivity index (χ4n) is 3.38. The van der Waals surface area contributed by atoms with Crippen LogP contribution >= 0.6 is 0 Å². The lowest BCUT2D eigenvalue weighted by molar-refractivity contribution is -0.126. The number of benzene rings is 2. The van der Waals surface area contributed by atoms with Crippen molar-refractivity contribution in [2.75, 3.05) is 17.2 Å². The Kier molecular flexibility index (Phi) is 9.02. The number of rotatable bonds is 11. The summed E-state index contributed by atoms with van der Waals surface area (Å²) in [6.07, 6.45) is 4.58. The molecule has 7 nitrogen and oxygen atoms in total. The van der Waals surface area contributed by atoms with Gasteiger partial charge in [-0.1, -0.05) is 43.7 Å². The highest BCUT2D eigenvalue weighted by Gasteiger charge is 2.21. The normalized spacial score (nSPS) is 11.5. The second-order valence-corrected chi connectivity index (χ2v) is 7.80. The van der Waals surface area contributed by atoms with Crippen molar-refractivity contribution in [2.45, 2.75) is 38.6 Å². The number of nitrogens with one attached hydrogen (secondary N) is 3. The number of amides is 2. The van der Waals surface area contributed by atoms with E-state index in [1.807, 2.05) is 37.3 Å². The van der Waals surface area contributed by atoms with Gasteiger partial charge in [-0.3, -0.25) is 9.59 Å². The molecule has 0 radical (unpaired) electrons. The van der Waals surface area contributed by atoms with E-state index in [0.717, 1.165) is 24.6 Å². The first-order chi connectivity index (χ1) is 16.4. The van der Waals surface area contributed by atoms with E-state index in [1.165, 1.54) is 18.0 Å². The molecule has 0 spiro atoms. The summed E-state index contributed by atoms with van der Waals surface area (Å²) >= 11 is 0. The zero-order valence-electron chi connectivity index (χ0n) is 18.9. The zero-order valence-corrected chi connectivity index (χ0v) is 18.9. The maximum atomic E-state index is 13.4. The van der Waals surface area contributed by atoms with Crippen molar-refractivity contribution in [3.63, 3.8) is 0 Å². The lowest BCUT2D eigenvalue weighted by atomic mass is 10.1. The lowest BCUT2D eigenvalue weighted by Crippen LogP contribution is -2.44. The molecule has 0 bridgehead atoms. The third-order valence-electron chi connectivity index (χ3n) is 4.98. The van der Waals surface area contributed by atoms with E-state index in [9.17, 15) is 18.4 Å². The van der Waals surface area contributed by atoms with Gasteiger partial charge < -0.3 is 16.0 Å². The molecule has 0 saturated heterocycles. The Morgan fingerprint density at radius 3 is 2.26 bits per heavy atom. The Hall–Kier alpha value is -3.88. The first kappa shape index (κ1) is 24.8. The SMILES string of the molecule is CCCC(NC(=O)Cc1cc(F)cc(F)c1)C(=O)Nc1cnc(NCCc2ccccc2)cn1. The largest absolute Gasteiger partial charge is 0.368 e. The molecule has 0 aliphatic carbocycles. The fourth-order valence-corrected chi connectivity index (χ4v) is 3.38. The second-order valence-electron chi connectivity index (χ2n) is 7.80. The fraction of sp³-hybridized carbons (Fsp3) is 0.280. The van der Waals surface area contributed by atoms with Crippen LogP contribution in [0.2, 0.25) is 0 Å². The topological polar surface area (TPSA) is 96.0 Å². The van der Waals surface area contributed by atoms with Gasteiger partial charge in [0.2, 0.25) is 11.8 Å². The molecule has 9 heteroatoms. The standard InChI is InChI=1S/C25H27F2N5O2/c1-2-6-21(31-24(33)13-18-11-19(26)14-20(27)12-18)25(34)32-23-16-29-22(15-30-23)28-10-9-17-7-4-3-5-8-17/h3-5,7-8,11-12,14-16,21H,2,6,9-10,13H2,1H3,(H,28,29)(H,31,33)(H,30,32,34). The lowest BCUT2D eigenvalue weighted by Gasteiger charge is -2.17. The molecule has 2 amide bonds. The monoisotopic (exact) mass is 467 g/mol. The van der Waals surface area contributed by atoms with Crippen LogP contribution in [0.25, 0.3) is 0 Å². The van der Waals surface area contributed by atoms with Crippen LogP contribution in [0.15, 0.2) is 60.9 Å². The molecule has 0 fully saturated rings. The van der Waals surface area contributed by atoms with Crippen LogP contribution in [-0.2, 0) is 22.4 Å². The minimum absolute atomic E-state index is 0.187. The van der Waals surface area contributed by atoms with Gasteiger partial charge in [-0.25, -0.2) is 18.7 Å². The molecule has 1 atom stereocenters. The maximum Gasteiger partial charge on any atom is 0.248 e. The van der Waals surface area contributed by atoms with Crippen molar-refractivity contribution in [3.8, 4) is 0 Å². The third kappa shape index (κ3) is 7.91. The highest BCUT2D eigenvalue weighted by molar-refractivity contribution is 5.96. The summed E-state index contributed by atoms with van der Waals surface area (Å²) in [4.78, 5) is 33.5. The number of hydrogen-bond acceptors (Lipinski definition) is 5. The van der Waals surface area contributed by atoms with E-state index in [-0.39, 0.29) is 17.8 Å². The molecule has 0 aliphatic heterocycles. The van der Waals surface area contributed by atoms with Gasteiger partial charge in [0, 0.05) is 12.6 Å². The molecule has 1 heterocycles. The van der Waals surface area contributed by atoms with E-state index >= 15 is 0 Å². The molecule has 0 saturated carbocycles. The average Bonchev–Trinajstić information content (AvgIpc) is 2.80. The number of aromatic nitrogens is 2. The first-order valence-corrected chi connectivity index (χ1v) is 11.1. The van der Waals surface area contributed by atoms with Crippen LogP contribution in [0.5, 0.6) is 0 Å². The van der Waals surface area contributed by atoms with Gasteiger partial charge in [0.1, 0.15) is 23.5 Å². The minimum atomic E-state index is -0.818. The van der Waals surface area contributed by atoms with Crippen molar-refractivity contribution >= 4 is 23.5 Å². The quantitative estimate of drug-likeness (QED) is 0.398. The first-order valence-electron chi connectivity index (χ1n) is 11.1. The summed E-state index contributed by atoms with van der Waals surface area (Å²) < 4.78 is 26.7. The Balaban J connectivity index is 1.51. The van der Waals surface area contributed by atoms with Gasteiger partial charge in [0.25, 0.3) is 0 Å². The Morgan fingerprint density at radius 2 is 1.62 bits per heavy atom. The van der Waals surface area contributed by atoms with Gasteiger partial charge in [-0.15, -0.1) is 0 Å². The molecule has 1 aromatic heterocycles. The predicted molar refractivity (Wildman–Crippen MR) is 126 cm³/mol. The summed E-state index contributed by atoms with van der Waals surface area (Å²) in [5, 5.41) is 8.45. The summed E-state index contributed by atoms with van der Waals surface area (Å²) in [6.45, 7) is 2.56. The summed E-state index contributed by atoms with van der Waals surface area (Å²) in [5.74, 6) is -1.65. The summed E-state index contributed by atoms with van der Waals surface area (Å²) in [5.41, 5.74) is 1.39. The van der Waals surface area contributed by atoms with E-state index in [2.05, 4.69) is 25.9 Å². The van der Waals surface area contributed by atoms with Crippen molar-refractivity contribution in [1.29, 1.82) is 0 Å². The number of hydrogen-bond donors (Lipinski definition) is 3. The molecule has 34 heavy (non-hydrogen) atoms. The highest BCUT2D eigenvalue weighted by Crippen LogP contribution is 2.11. The Morgan fingerprint density at radius 1 is 0.941 bits per heavy atom. The molecule has 178 valence electrons. The van der Waals surface area contributed by atoms with Crippen LogP contribution in [0.1, 0.15) is 30.9 Å². The highest BCUT2D eigenvalue weighted by atomic mass is 19.1. The Bertz CT molecular complexity index is 1070. The van der Waals surface area contributed by atoms with Gasteiger partial charge in [0.05, 0.1) is 18.8 Å². The smallest absolute Gasteiger partial charge is 0.248 e. The van der Waals surface area contributed by atoms with E-state index in [4.69, 9.17) is 0 Å². The summed E-state index contributed by atoms with van der Waals surface area (Å²) in [7, 11) is 0. The summed E-state index contributed by atoms with van der Waals surface area (Å²) in [6, 6.07) is 12.1. The van der Waals surface area contributed by atoms with Gasteiger partial charge in [-0.2, -0.15) is 0 Å². The van der Waals surface area contributed by atoms with Crippen LogP contribution in [-0.4, -0.2) is 34.4 Å². The third-order valence-corrected chi connectivity index (χ3v) is 4.98. The number of nitrogens with zero attached hydrogens (tertiary/aromatic N) is 2. The molecule has 0 aliphatic rings. The Labute approximate surface area is 197 Å². The molecule has 3 aromatic rings. The van der Waals surface area contributed by atoms with Crippen LogP contribution in [0, 0.1) is 11.6 Å². The van der Waals surface area contributed by atoms with Crippen molar-refractivity contribution in [1.82, 2.24) is 15.3 Å². The molecule has 3 rings (SSSR count). The van der Waals surface area contributed by atoms with Crippen LogP contribution in [0.3, 0.4) is 0 Å². The second kappa shape index (κ2) is 12.4. The minimum Gasteiger partial charge on any atom is -0.368 e.